The molecule has 0 unspecified atom stereocenters. The largest absolute Gasteiger partial charge is 0.491 e. The summed E-state index contributed by atoms with van der Waals surface area (Å²) in [5.74, 6) is 0.577. The summed E-state index contributed by atoms with van der Waals surface area (Å²) >= 11 is 4.48. The first-order valence-electron chi connectivity index (χ1n) is 7.84. The van der Waals surface area contributed by atoms with Gasteiger partial charge in [-0.15, -0.1) is 0 Å². The van der Waals surface area contributed by atoms with Crippen molar-refractivity contribution in [1.82, 2.24) is 4.98 Å². The van der Waals surface area contributed by atoms with Gasteiger partial charge in [0, 0.05) is 23.5 Å². The average molecular weight is 327 g/mol. The summed E-state index contributed by atoms with van der Waals surface area (Å²) in [5, 5.41) is 2.28. The monoisotopic (exact) mass is 327 g/mol. The molecule has 0 bridgehead atoms. The molecule has 0 aliphatic carbocycles. The lowest BCUT2D eigenvalue weighted by atomic mass is 9.78. The number of fused-ring (bicyclic) bond motifs is 1. The Morgan fingerprint density at radius 3 is 2.52 bits per heavy atom. The van der Waals surface area contributed by atoms with Gasteiger partial charge in [0.1, 0.15) is 0 Å². The minimum atomic E-state index is -0.371. The van der Waals surface area contributed by atoms with E-state index in [1.54, 1.807) is 0 Å². The highest BCUT2D eigenvalue weighted by molar-refractivity contribution is 7.80. The third-order valence-electron chi connectivity index (χ3n) is 4.80. The zero-order valence-electron chi connectivity index (χ0n) is 14.0. The number of thiol groups is 1. The predicted molar refractivity (Wildman–Crippen MR) is 99.7 cm³/mol. The quantitative estimate of drug-likeness (QED) is 0.678. The van der Waals surface area contributed by atoms with E-state index in [0.717, 1.165) is 16.4 Å². The van der Waals surface area contributed by atoms with E-state index in [4.69, 9.17) is 9.31 Å². The van der Waals surface area contributed by atoms with Gasteiger partial charge in [-0.3, -0.25) is 4.98 Å². The van der Waals surface area contributed by atoms with Crippen LogP contribution < -0.4 is 0 Å². The third-order valence-corrected chi connectivity index (χ3v) is 5.16. The Balaban J connectivity index is 1.99. The summed E-state index contributed by atoms with van der Waals surface area (Å²) in [4.78, 5) is 4.24. The minimum Gasteiger partial charge on any atom is -0.400 e. The van der Waals surface area contributed by atoms with Gasteiger partial charge in [-0.25, -0.2) is 0 Å². The second kappa shape index (κ2) is 5.97. The topological polar surface area (TPSA) is 31.4 Å². The van der Waals surface area contributed by atoms with Crippen LogP contribution in [-0.4, -0.2) is 29.1 Å². The number of pyridine rings is 1. The van der Waals surface area contributed by atoms with Crippen LogP contribution >= 0.6 is 12.6 Å². The number of benzene rings is 1. The standard InChI is InChI=1S/C18H22BNO2S/c1-17(2)18(3,4)22-19(21-17)15(12-23)10-14-7-5-6-13-8-9-20-11-16(13)14/h5-11,23H,12H2,1-4H3. The van der Waals surface area contributed by atoms with Crippen molar-refractivity contribution in [3.63, 3.8) is 0 Å². The highest BCUT2D eigenvalue weighted by atomic mass is 32.1. The van der Waals surface area contributed by atoms with Gasteiger partial charge < -0.3 is 9.31 Å². The molecule has 0 N–H and O–H groups in total. The van der Waals surface area contributed by atoms with Crippen molar-refractivity contribution in [3.05, 3.63) is 47.7 Å². The normalized spacial score (nSPS) is 20.2. The first-order chi connectivity index (χ1) is 10.8. The maximum Gasteiger partial charge on any atom is 0.491 e. The molecule has 1 fully saturated rings. The molecule has 1 aliphatic rings. The van der Waals surface area contributed by atoms with Gasteiger partial charge in [0.25, 0.3) is 0 Å². The van der Waals surface area contributed by atoms with Crippen molar-refractivity contribution in [2.45, 2.75) is 38.9 Å². The van der Waals surface area contributed by atoms with E-state index in [1.807, 2.05) is 18.5 Å². The van der Waals surface area contributed by atoms with Gasteiger partial charge in [-0.1, -0.05) is 24.3 Å². The fourth-order valence-electron chi connectivity index (χ4n) is 2.65. The van der Waals surface area contributed by atoms with Crippen LogP contribution in [0.5, 0.6) is 0 Å². The molecule has 0 amide bonds. The van der Waals surface area contributed by atoms with Crippen LogP contribution in [0.15, 0.2) is 42.1 Å². The fraction of sp³-hybridized carbons (Fsp3) is 0.389. The maximum atomic E-state index is 6.15. The number of aromatic nitrogens is 1. The summed E-state index contributed by atoms with van der Waals surface area (Å²) < 4.78 is 12.3. The smallest absolute Gasteiger partial charge is 0.400 e. The molecule has 3 nitrogen and oxygen atoms in total. The van der Waals surface area contributed by atoms with Crippen LogP contribution in [0.4, 0.5) is 0 Å². The zero-order chi connectivity index (χ0) is 16.7. The lowest BCUT2D eigenvalue weighted by Gasteiger charge is -2.32. The highest BCUT2D eigenvalue weighted by Gasteiger charge is 2.52. The molecule has 23 heavy (non-hydrogen) atoms. The van der Waals surface area contributed by atoms with E-state index in [9.17, 15) is 0 Å². The summed E-state index contributed by atoms with van der Waals surface area (Å²) in [7, 11) is -0.371. The van der Waals surface area contributed by atoms with Crippen molar-refractivity contribution in [2.24, 2.45) is 0 Å². The Hall–Kier alpha value is -1.30. The van der Waals surface area contributed by atoms with Crippen molar-refractivity contribution in [1.29, 1.82) is 0 Å². The van der Waals surface area contributed by atoms with Crippen molar-refractivity contribution < 1.29 is 9.31 Å². The predicted octanol–water partition coefficient (Wildman–Crippen LogP) is 4.18. The SMILES string of the molecule is CC1(C)OB(C(=Cc2cccc3ccncc23)CS)OC1(C)C. The molecule has 0 spiro atoms. The van der Waals surface area contributed by atoms with Crippen molar-refractivity contribution in [2.75, 3.05) is 5.75 Å². The lowest BCUT2D eigenvalue weighted by molar-refractivity contribution is 0.00578. The zero-order valence-corrected chi connectivity index (χ0v) is 14.9. The molecule has 1 saturated heterocycles. The molecule has 3 rings (SSSR count). The highest BCUT2D eigenvalue weighted by Crippen LogP contribution is 2.39. The Kier molecular flexibility index (Phi) is 4.30. The number of hydrogen-bond donors (Lipinski definition) is 1. The number of nitrogens with zero attached hydrogens (tertiary/aromatic N) is 1. The van der Waals surface area contributed by atoms with Crippen LogP contribution in [0, 0.1) is 0 Å². The van der Waals surface area contributed by atoms with Crippen LogP contribution in [0.1, 0.15) is 33.3 Å². The number of rotatable bonds is 3. The summed E-state index contributed by atoms with van der Waals surface area (Å²) in [6, 6.07) is 8.23. The van der Waals surface area contributed by atoms with Gasteiger partial charge in [0.15, 0.2) is 0 Å². The molecular formula is C18H22BNO2S. The first kappa shape index (κ1) is 16.6. The average Bonchev–Trinajstić information content (AvgIpc) is 2.73. The molecule has 2 heterocycles. The second-order valence-electron chi connectivity index (χ2n) is 6.91. The second-order valence-corrected chi connectivity index (χ2v) is 7.23. The molecule has 2 aromatic rings. The van der Waals surface area contributed by atoms with Gasteiger partial charge in [0.05, 0.1) is 11.2 Å². The van der Waals surface area contributed by atoms with E-state index in [1.165, 1.54) is 5.39 Å². The van der Waals surface area contributed by atoms with E-state index in [0.29, 0.717) is 5.75 Å². The Bertz CT molecular complexity index is 736. The Morgan fingerprint density at radius 2 is 1.87 bits per heavy atom. The molecule has 120 valence electrons. The third kappa shape index (κ3) is 3.05. The molecule has 5 heteroatoms. The summed E-state index contributed by atoms with van der Waals surface area (Å²) in [6.45, 7) is 8.24. The molecule has 0 saturated carbocycles. The van der Waals surface area contributed by atoms with E-state index in [-0.39, 0.29) is 18.3 Å². The molecule has 1 aromatic carbocycles. The van der Waals surface area contributed by atoms with Crippen molar-refractivity contribution >= 4 is 36.6 Å². The molecule has 0 radical (unpaired) electrons. The van der Waals surface area contributed by atoms with Gasteiger partial charge in [-0.2, -0.15) is 12.6 Å². The van der Waals surface area contributed by atoms with Gasteiger partial charge >= 0.3 is 7.12 Å². The molecule has 1 aromatic heterocycles. The van der Waals surface area contributed by atoms with E-state index in [2.05, 4.69) is 69.6 Å². The number of hydrogen-bond acceptors (Lipinski definition) is 4. The fourth-order valence-corrected chi connectivity index (χ4v) is 2.89. The van der Waals surface area contributed by atoms with Crippen LogP contribution in [0.3, 0.4) is 0 Å². The van der Waals surface area contributed by atoms with Crippen molar-refractivity contribution in [3.8, 4) is 0 Å². The van der Waals surface area contributed by atoms with Crippen LogP contribution in [0.2, 0.25) is 0 Å². The Labute approximate surface area is 143 Å². The van der Waals surface area contributed by atoms with E-state index >= 15 is 0 Å². The Morgan fingerprint density at radius 1 is 1.17 bits per heavy atom. The molecule has 0 atom stereocenters. The first-order valence-corrected chi connectivity index (χ1v) is 8.47. The summed E-state index contributed by atoms with van der Waals surface area (Å²) in [6.07, 6.45) is 5.81. The summed E-state index contributed by atoms with van der Waals surface area (Å²) in [5.41, 5.74) is 1.43. The van der Waals surface area contributed by atoms with Gasteiger partial charge in [0.2, 0.25) is 0 Å². The van der Waals surface area contributed by atoms with Gasteiger partial charge in [-0.05, 0) is 50.2 Å². The van der Waals surface area contributed by atoms with E-state index < -0.39 is 0 Å². The maximum absolute atomic E-state index is 6.15. The lowest BCUT2D eigenvalue weighted by Crippen LogP contribution is -2.41. The molecular weight excluding hydrogens is 305 g/mol. The minimum absolute atomic E-state index is 0.347. The molecule has 1 aliphatic heterocycles. The van der Waals surface area contributed by atoms with Crippen LogP contribution in [-0.2, 0) is 9.31 Å². The van der Waals surface area contributed by atoms with Crippen LogP contribution in [0.25, 0.3) is 16.8 Å².